The first-order valence-corrected chi connectivity index (χ1v) is 33.7. The normalized spacial score (nSPS) is 32.2. The maximum Gasteiger partial charge on any atom is 0.0938 e. The first kappa shape index (κ1) is 43.2. The van der Waals surface area contributed by atoms with E-state index < -0.39 is 0 Å². The van der Waals surface area contributed by atoms with Gasteiger partial charge in [0.15, 0.2) is 0 Å². The molecular formula is C41H80I2O2Si2. The van der Waals surface area contributed by atoms with Gasteiger partial charge in [0.2, 0.25) is 0 Å². The van der Waals surface area contributed by atoms with Gasteiger partial charge in [-0.2, -0.15) is 0 Å². The Labute approximate surface area is 324 Å². The van der Waals surface area contributed by atoms with Crippen molar-refractivity contribution in [3.63, 3.8) is 0 Å². The number of hydrogen-bond acceptors (Lipinski definition) is 2. The molecule has 4 saturated carbocycles. The maximum absolute atomic E-state index is 6.12. The Balaban J connectivity index is 0.000000256. The van der Waals surface area contributed by atoms with Crippen LogP contribution in [0.1, 0.15) is 187 Å². The van der Waals surface area contributed by atoms with Crippen LogP contribution in [0.2, 0.25) is 12.1 Å². The molecule has 0 unspecified atom stereocenters. The zero-order valence-electron chi connectivity index (χ0n) is 31.5. The van der Waals surface area contributed by atoms with Crippen molar-refractivity contribution in [1.82, 2.24) is 0 Å². The van der Waals surface area contributed by atoms with Gasteiger partial charge < -0.3 is 9.47 Å². The second-order valence-electron chi connectivity index (χ2n) is 16.5. The topological polar surface area (TPSA) is 18.5 Å². The fourth-order valence-corrected chi connectivity index (χ4v) is 13.8. The number of unbranched alkanes of at least 4 members (excludes halogenated alkanes) is 5. The highest BCUT2D eigenvalue weighted by molar-refractivity contribution is 14.1. The third-order valence-electron chi connectivity index (χ3n) is 13.0. The Hall–Kier alpha value is 1.81. The molecule has 0 spiro atoms. The van der Waals surface area contributed by atoms with Crippen molar-refractivity contribution in [2.45, 2.75) is 212 Å². The SMILES string of the molecule is CCCCCC[C@H]1CC[C@H]([C@H]2CC[C@H](OCCC[SiH2]I)CC2)CC1.CCCCC[C@H]1CC[C@H]([C@H]2CC[C@H](OCCC[SiH2]I)CC2)CC1. The zero-order chi connectivity index (χ0) is 33.4. The van der Waals surface area contributed by atoms with E-state index in [9.17, 15) is 0 Å². The van der Waals surface area contributed by atoms with Gasteiger partial charge in [-0.3, -0.25) is 0 Å². The molecule has 4 aliphatic carbocycles. The molecule has 4 aliphatic rings. The van der Waals surface area contributed by atoms with E-state index in [0.717, 1.165) is 48.7 Å². The molecule has 0 N–H and O–H groups in total. The summed E-state index contributed by atoms with van der Waals surface area (Å²) in [6.07, 6.45) is 40.5. The van der Waals surface area contributed by atoms with Crippen LogP contribution in [-0.4, -0.2) is 39.5 Å². The Morgan fingerprint density at radius 3 is 1.13 bits per heavy atom. The lowest BCUT2D eigenvalue weighted by Crippen LogP contribution is -2.28. The lowest BCUT2D eigenvalue weighted by Gasteiger charge is -2.38. The fraction of sp³-hybridized carbons (Fsp3) is 1.00. The van der Waals surface area contributed by atoms with Crippen LogP contribution in [0.15, 0.2) is 0 Å². The van der Waals surface area contributed by atoms with Crippen molar-refractivity contribution in [2.75, 3.05) is 13.2 Å². The molecule has 4 rings (SSSR count). The maximum atomic E-state index is 6.12. The molecule has 0 aliphatic heterocycles. The summed E-state index contributed by atoms with van der Waals surface area (Å²) in [6.45, 7) is 6.71. The van der Waals surface area contributed by atoms with Crippen LogP contribution >= 0.6 is 43.6 Å². The lowest BCUT2D eigenvalue weighted by atomic mass is 9.70. The van der Waals surface area contributed by atoms with Crippen molar-refractivity contribution in [1.29, 1.82) is 0 Å². The van der Waals surface area contributed by atoms with Gasteiger partial charge in [-0.1, -0.05) is 109 Å². The van der Waals surface area contributed by atoms with E-state index in [1.165, 1.54) is 185 Å². The quantitative estimate of drug-likeness (QED) is 0.0494. The fourth-order valence-electron chi connectivity index (χ4n) is 9.79. The Bertz CT molecular complexity index is 668. The smallest absolute Gasteiger partial charge is 0.0938 e. The van der Waals surface area contributed by atoms with E-state index in [-0.39, 0.29) is 14.0 Å². The second kappa shape index (κ2) is 28.3. The van der Waals surface area contributed by atoms with Crippen molar-refractivity contribution >= 4 is 57.6 Å². The van der Waals surface area contributed by atoms with E-state index in [4.69, 9.17) is 9.47 Å². The van der Waals surface area contributed by atoms with Crippen molar-refractivity contribution in [3.05, 3.63) is 0 Å². The summed E-state index contributed by atoms with van der Waals surface area (Å²) in [7, 11) is 0.442. The van der Waals surface area contributed by atoms with Crippen molar-refractivity contribution in [2.24, 2.45) is 35.5 Å². The number of rotatable bonds is 21. The van der Waals surface area contributed by atoms with Gasteiger partial charge in [0.05, 0.1) is 26.2 Å². The van der Waals surface area contributed by atoms with E-state index in [1.54, 1.807) is 0 Å². The molecule has 0 aromatic rings. The minimum Gasteiger partial charge on any atom is -0.378 e. The average molecular weight is 915 g/mol. The second-order valence-corrected chi connectivity index (χ2v) is 25.2. The van der Waals surface area contributed by atoms with Gasteiger partial charge in [-0.05, 0) is 125 Å². The summed E-state index contributed by atoms with van der Waals surface area (Å²) in [6, 6.07) is 2.91. The van der Waals surface area contributed by atoms with Crippen molar-refractivity contribution in [3.8, 4) is 0 Å². The van der Waals surface area contributed by atoms with E-state index in [0.29, 0.717) is 12.2 Å². The monoisotopic (exact) mass is 914 g/mol. The molecule has 6 heteroatoms. The van der Waals surface area contributed by atoms with Crippen LogP contribution in [0, 0.1) is 35.5 Å². The van der Waals surface area contributed by atoms with Crippen LogP contribution in [-0.2, 0) is 9.47 Å². The molecule has 47 heavy (non-hydrogen) atoms. The molecule has 0 aromatic carbocycles. The highest BCUT2D eigenvalue weighted by Gasteiger charge is 2.32. The molecule has 0 atom stereocenters. The standard InChI is InChI=1S/C21H41IOSi.C20H39IOSi/c1-2-3-4-5-7-18-8-10-19(11-9-18)20-12-14-21(15-13-20)23-16-6-17-24-22;1-2-3-4-6-17-7-9-18(10-8-17)19-11-13-20(14-12-19)22-15-5-16-23-21/h18-21H,2-17,24H2,1H3;17-20H,2-16,23H2,1H3/t18-,19-,20-,21-;17-,18-,19-,20-. The molecule has 0 amide bonds. The number of ether oxygens (including phenoxy) is 2. The molecule has 0 radical (unpaired) electrons. The summed E-state index contributed by atoms with van der Waals surface area (Å²) in [5.74, 6) is 6.32. The van der Waals surface area contributed by atoms with Gasteiger partial charge in [0, 0.05) is 13.2 Å². The number of halogens is 2. The summed E-state index contributed by atoms with van der Waals surface area (Å²) in [4.78, 5) is 0. The summed E-state index contributed by atoms with van der Waals surface area (Å²) in [5.41, 5.74) is 0. The summed E-state index contributed by atoms with van der Waals surface area (Å²) >= 11 is 5.21. The zero-order valence-corrected chi connectivity index (χ0v) is 38.7. The van der Waals surface area contributed by atoms with Crippen LogP contribution in [0.25, 0.3) is 0 Å². The lowest BCUT2D eigenvalue weighted by molar-refractivity contribution is 0.00721. The Morgan fingerprint density at radius 1 is 0.426 bits per heavy atom. The minimum atomic E-state index is 0.220. The molecule has 0 bridgehead atoms. The molecular weight excluding hydrogens is 834 g/mol. The van der Waals surface area contributed by atoms with Gasteiger partial charge >= 0.3 is 0 Å². The minimum absolute atomic E-state index is 0.220. The van der Waals surface area contributed by atoms with Crippen LogP contribution < -0.4 is 0 Å². The van der Waals surface area contributed by atoms with Gasteiger partial charge in [0.25, 0.3) is 0 Å². The van der Waals surface area contributed by atoms with Crippen LogP contribution in [0.4, 0.5) is 0 Å². The van der Waals surface area contributed by atoms with E-state index >= 15 is 0 Å². The first-order chi connectivity index (χ1) is 23.2. The van der Waals surface area contributed by atoms with Crippen LogP contribution in [0.3, 0.4) is 0 Å². The van der Waals surface area contributed by atoms with Gasteiger partial charge in [-0.25, -0.2) is 0 Å². The van der Waals surface area contributed by atoms with Gasteiger partial charge in [-0.15, -0.1) is 43.6 Å². The molecule has 0 heterocycles. The molecule has 4 fully saturated rings. The summed E-state index contributed by atoms with van der Waals surface area (Å²) in [5, 5.41) is 0. The molecule has 0 aromatic heterocycles. The Morgan fingerprint density at radius 2 is 0.766 bits per heavy atom. The molecule has 0 saturated heterocycles. The predicted octanol–water partition coefficient (Wildman–Crippen LogP) is 12.9. The highest BCUT2D eigenvalue weighted by Crippen LogP contribution is 2.43. The third-order valence-corrected chi connectivity index (χ3v) is 19.1. The average Bonchev–Trinajstić information content (AvgIpc) is 3.12. The third kappa shape index (κ3) is 18.9. The first-order valence-electron chi connectivity index (χ1n) is 21.5. The molecule has 278 valence electrons. The highest BCUT2D eigenvalue weighted by atomic mass is 127. The van der Waals surface area contributed by atoms with E-state index in [2.05, 4.69) is 57.4 Å². The van der Waals surface area contributed by atoms with Gasteiger partial charge in [0.1, 0.15) is 0 Å². The van der Waals surface area contributed by atoms with E-state index in [1.807, 2.05) is 0 Å². The largest absolute Gasteiger partial charge is 0.378 e. The molecule has 2 nitrogen and oxygen atoms in total. The van der Waals surface area contributed by atoms with Crippen LogP contribution in [0.5, 0.6) is 0 Å². The van der Waals surface area contributed by atoms with Crippen molar-refractivity contribution < 1.29 is 9.47 Å². The predicted molar refractivity (Wildman–Crippen MR) is 231 cm³/mol. The Kier molecular flexibility index (Phi) is 26.1. The number of hydrogen-bond donors (Lipinski definition) is 0. The summed E-state index contributed by atoms with van der Waals surface area (Å²) < 4.78 is 12.2.